The average molecular weight is 195 g/mol. The topological polar surface area (TPSA) is 40.7 Å². The van der Waals surface area contributed by atoms with Crippen molar-refractivity contribution in [1.29, 1.82) is 0 Å². The Morgan fingerprint density at radius 1 is 1.50 bits per heavy atom. The fourth-order valence-electron chi connectivity index (χ4n) is 1.34. The number of aromatic amines is 1. The molecule has 0 aliphatic heterocycles. The van der Waals surface area contributed by atoms with Gasteiger partial charge in [0.15, 0.2) is 0 Å². The number of nitrogens with one attached hydrogen (secondary N) is 2. The number of nitrogens with zero attached hydrogens (tertiary/aromatic N) is 1. The van der Waals surface area contributed by atoms with Crippen LogP contribution in [0, 0.1) is 5.92 Å². The van der Waals surface area contributed by atoms with Crippen LogP contribution in [0.4, 0.5) is 0 Å². The van der Waals surface area contributed by atoms with Gasteiger partial charge in [0.05, 0.1) is 5.54 Å². The van der Waals surface area contributed by atoms with Gasteiger partial charge in [0.1, 0.15) is 5.82 Å². The molecule has 1 heterocycles. The van der Waals surface area contributed by atoms with Crippen molar-refractivity contribution >= 4 is 0 Å². The Balaban J connectivity index is 2.77. The molecular weight excluding hydrogens is 174 g/mol. The third kappa shape index (κ3) is 2.58. The molecule has 14 heavy (non-hydrogen) atoms. The van der Waals surface area contributed by atoms with E-state index in [4.69, 9.17) is 0 Å². The Labute approximate surface area is 86.3 Å². The summed E-state index contributed by atoms with van der Waals surface area (Å²) in [6, 6.07) is 0. The van der Waals surface area contributed by atoms with Gasteiger partial charge in [0.2, 0.25) is 0 Å². The highest BCUT2D eigenvalue weighted by molar-refractivity contribution is 5.09. The maximum atomic E-state index is 4.39. The lowest BCUT2D eigenvalue weighted by molar-refractivity contribution is 0.419. The third-order valence-electron chi connectivity index (χ3n) is 2.47. The molecule has 3 heteroatoms. The molecule has 0 aromatic carbocycles. The zero-order valence-electron chi connectivity index (χ0n) is 9.81. The van der Waals surface area contributed by atoms with E-state index in [1.54, 1.807) is 0 Å². The molecule has 2 N–H and O–H groups in total. The quantitative estimate of drug-likeness (QED) is 0.772. The smallest absolute Gasteiger partial charge is 0.126 e. The first kappa shape index (κ1) is 11.2. The first-order valence-electron chi connectivity index (χ1n) is 5.19. The highest BCUT2D eigenvalue weighted by Gasteiger charge is 2.21. The van der Waals surface area contributed by atoms with Crippen LogP contribution in [0.15, 0.2) is 6.20 Å². The predicted octanol–water partition coefficient (Wildman–Crippen LogP) is 2.06. The summed E-state index contributed by atoms with van der Waals surface area (Å²) in [6.45, 7) is 8.66. The van der Waals surface area contributed by atoms with Crippen LogP contribution >= 0.6 is 0 Å². The number of rotatable bonds is 4. The van der Waals surface area contributed by atoms with E-state index in [1.807, 2.05) is 13.2 Å². The molecule has 3 nitrogen and oxygen atoms in total. The van der Waals surface area contributed by atoms with Gasteiger partial charge < -0.3 is 10.3 Å². The van der Waals surface area contributed by atoms with Crippen molar-refractivity contribution in [1.82, 2.24) is 15.3 Å². The Morgan fingerprint density at radius 2 is 2.14 bits per heavy atom. The zero-order chi connectivity index (χ0) is 10.8. The Morgan fingerprint density at radius 3 is 2.64 bits per heavy atom. The average Bonchev–Trinajstić information content (AvgIpc) is 2.52. The molecule has 0 aliphatic rings. The van der Waals surface area contributed by atoms with Gasteiger partial charge in [-0.3, -0.25) is 0 Å². The second-order valence-corrected chi connectivity index (χ2v) is 4.73. The minimum atomic E-state index is -0.0742. The third-order valence-corrected chi connectivity index (χ3v) is 2.47. The van der Waals surface area contributed by atoms with Crippen LogP contribution in [0.3, 0.4) is 0 Å². The van der Waals surface area contributed by atoms with Crippen molar-refractivity contribution in [3.63, 3.8) is 0 Å². The van der Waals surface area contributed by atoms with Crippen LogP contribution < -0.4 is 5.32 Å². The fourth-order valence-corrected chi connectivity index (χ4v) is 1.34. The van der Waals surface area contributed by atoms with Crippen LogP contribution in [-0.2, 0) is 12.0 Å². The van der Waals surface area contributed by atoms with E-state index in [2.05, 4.69) is 43.0 Å². The molecule has 0 aliphatic carbocycles. The molecule has 0 saturated carbocycles. The Hall–Kier alpha value is -0.830. The maximum absolute atomic E-state index is 4.39. The summed E-state index contributed by atoms with van der Waals surface area (Å²) in [5.41, 5.74) is 1.15. The summed E-state index contributed by atoms with van der Waals surface area (Å²) in [5.74, 6) is 1.68. The Kier molecular flexibility index (Phi) is 3.32. The predicted molar refractivity (Wildman–Crippen MR) is 59.2 cm³/mol. The lowest BCUT2D eigenvalue weighted by Crippen LogP contribution is -2.34. The first-order valence-corrected chi connectivity index (χ1v) is 5.19. The second kappa shape index (κ2) is 4.13. The normalized spacial score (nSPS) is 12.4. The Bertz CT molecular complexity index is 286. The van der Waals surface area contributed by atoms with Gasteiger partial charge in [-0.2, -0.15) is 0 Å². The molecule has 1 aromatic rings. The van der Waals surface area contributed by atoms with Gasteiger partial charge in [-0.25, -0.2) is 4.98 Å². The van der Waals surface area contributed by atoms with E-state index in [0.29, 0.717) is 5.92 Å². The molecule has 0 bridgehead atoms. The van der Waals surface area contributed by atoms with E-state index in [-0.39, 0.29) is 5.54 Å². The number of hydrogen-bond donors (Lipinski definition) is 2. The van der Waals surface area contributed by atoms with Crippen LogP contribution in [-0.4, -0.2) is 17.0 Å². The van der Waals surface area contributed by atoms with Gasteiger partial charge in [-0.1, -0.05) is 13.8 Å². The largest absolute Gasteiger partial charge is 0.344 e. The molecule has 0 saturated heterocycles. The molecule has 0 unspecified atom stereocenters. The summed E-state index contributed by atoms with van der Waals surface area (Å²) in [5, 5.41) is 3.23. The number of H-pyrrole nitrogens is 1. The highest BCUT2D eigenvalue weighted by Crippen LogP contribution is 2.16. The highest BCUT2D eigenvalue weighted by atomic mass is 15.0. The zero-order valence-corrected chi connectivity index (χ0v) is 9.81. The summed E-state index contributed by atoms with van der Waals surface area (Å²) >= 11 is 0. The molecule has 0 atom stereocenters. The van der Waals surface area contributed by atoms with Crippen LogP contribution in [0.2, 0.25) is 0 Å². The van der Waals surface area contributed by atoms with Crippen molar-refractivity contribution in [2.45, 2.75) is 39.7 Å². The molecule has 0 amide bonds. The summed E-state index contributed by atoms with van der Waals surface area (Å²) in [6.07, 6.45) is 3.00. The molecule has 1 rings (SSSR count). The summed E-state index contributed by atoms with van der Waals surface area (Å²) in [4.78, 5) is 7.76. The minimum absolute atomic E-state index is 0.0742. The standard InChI is InChI=1S/C11H21N3/c1-8(2)6-9-7-13-10(14-9)11(3,4)12-5/h7-8,12H,6H2,1-5H3,(H,13,14). The summed E-state index contributed by atoms with van der Waals surface area (Å²) in [7, 11) is 1.95. The summed E-state index contributed by atoms with van der Waals surface area (Å²) < 4.78 is 0. The van der Waals surface area contributed by atoms with Gasteiger partial charge in [-0.15, -0.1) is 0 Å². The van der Waals surface area contributed by atoms with Gasteiger partial charge >= 0.3 is 0 Å². The molecule has 0 radical (unpaired) electrons. The number of imidazole rings is 1. The van der Waals surface area contributed by atoms with Crippen molar-refractivity contribution in [3.05, 3.63) is 17.7 Å². The first-order chi connectivity index (χ1) is 6.45. The van der Waals surface area contributed by atoms with Gasteiger partial charge in [0, 0.05) is 11.9 Å². The van der Waals surface area contributed by atoms with Crippen LogP contribution in [0.1, 0.15) is 39.2 Å². The van der Waals surface area contributed by atoms with E-state index in [9.17, 15) is 0 Å². The van der Waals surface area contributed by atoms with Crippen molar-refractivity contribution in [2.24, 2.45) is 5.92 Å². The van der Waals surface area contributed by atoms with Crippen molar-refractivity contribution in [3.8, 4) is 0 Å². The fraction of sp³-hybridized carbons (Fsp3) is 0.727. The maximum Gasteiger partial charge on any atom is 0.126 e. The SMILES string of the molecule is CNC(C)(C)c1ncc(CC(C)C)[nH]1. The monoisotopic (exact) mass is 195 g/mol. The number of hydrogen-bond acceptors (Lipinski definition) is 2. The van der Waals surface area contributed by atoms with Crippen molar-refractivity contribution in [2.75, 3.05) is 7.05 Å². The van der Waals surface area contributed by atoms with Gasteiger partial charge in [0.25, 0.3) is 0 Å². The number of aromatic nitrogens is 2. The van der Waals surface area contributed by atoms with E-state index >= 15 is 0 Å². The van der Waals surface area contributed by atoms with E-state index in [0.717, 1.165) is 12.2 Å². The molecule has 0 spiro atoms. The van der Waals surface area contributed by atoms with Crippen LogP contribution in [0.25, 0.3) is 0 Å². The van der Waals surface area contributed by atoms with Gasteiger partial charge in [-0.05, 0) is 33.2 Å². The second-order valence-electron chi connectivity index (χ2n) is 4.73. The molecule has 80 valence electrons. The minimum Gasteiger partial charge on any atom is -0.344 e. The van der Waals surface area contributed by atoms with Crippen molar-refractivity contribution < 1.29 is 0 Å². The lowest BCUT2D eigenvalue weighted by atomic mass is 10.1. The molecular formula is C11H21N3. The molecule has 0 fully saturated rings. The molecule has 1 aromatic heterocycles. The van der Waals surface area contributed by atoms with Crippen LogP contribution in [0.5, 0.6) is 0 Å². The lowest BCUT2D eigenvalue weighted by Gasteiger charge is -2.20. The van der Waals surface area contributed by atoms with E-state index < -0.39 is 0 Å². The van der Waals surface area contributed by atoms with E-state index in [1.165, 1.54) is 5.69 Å².